The maximum Gasteiger partial charge on any atom is 0.257 e. The molecule has 1 aromatic carbocycles. The highest BCUT2D eigenvalue weighted by atomic mass is 32.2. The Morgan fingerprint density at radius 3 is 2.35 bits per heavy atom. The highest BCUT2D eigenvalue weighted by Crippen LogP contribution is 2.24. The predicted octanol–water partition coefficient (Wildman–Crippen LogP) is 4.33. The minimum atomic E-state index is -0.0332. The van der Waals surface area contributed by atoms with E-state index in [9.17, 15) is 9.59 Å². The molecule has 1 saturated heterocycles. The van der Waals surface area contributed by atoms with Gasteiger partial charge >= 0.3 is 0 Å². The van der Waals surface area contributed by atoms with Crippen LogP contribution >= 0.6 is 11.8 Å². The van der Waals surface area contributed by atoms with Crippen molar-refractivity contribution in [3.63, 3.8) is 0 Å². The summed E-state index contributed by atoms with van der Waals surface area (Å²) >= 11 is 1.36. The lowest BCUT2D eigenvalue weighted by Gasteiger charge is -2.30. The number of hydrogen-bond acceptors (Lipinski definition) is 4. The first-order valence-electron chi connectivity index (χ1n) is 11.1. The average Bonchev–Trinajstić information content (AvgIpc) is 2.73. The number of piperidine rings is 1. The van der Waals surface area contributed by atoms with E-state index in [1.165, 1.54) is 17.3 Å². The lowest BCUT2D eigenvalue weighted by Crippen LogP contribution is -2.39. The average molecular weight is 442 g/mol. The van der Waals surface area contributed by atoms with Crippen LogP contribution in [0.15, 0.2) is 34.2 Å². The van der Waals surface area contributed by atoms with Gasteiger partial charge in [0.1, 0.15) is 0 Å². The fourth-order valence-electron chi connectivity index (χ4n) is 3.86. The summed E-state index contributed by atoms with van der Waals surface area (Å²) in [7, 11) is 1.75. The van der Waals surface area contributed by atoms with Crippen LogP contribution in [0.25, 0.3) is 0 Å². The first-order chi connectivity index (χ1) is 14.6. The van der Waals surface area contributed by atoms with Crippen molar-refractivity contribution in [2.45, 2.75) is 64.5 Å². The molecular formula is C25H35N3O2S. The van der Waals surface area contributed by atoms with Gasteiger partial charge in [-0.25, -0.2) is 4.98 Å². The number of amides is 1. The van der Waals surface area contributed by atoms with Gasteiger partial charge in [0.05, 0.1) is 5.75 Å². The first-order valence-corrected chi connectivity index (χ1v) is 12.1. The summed E-state index contributed by atoms with van der Waals surface area (Å²) in [6, 6.07) is 8.47. The van der Waals surface area contributed by atoms with Crippen molar-refractivity contribution in [3.8, 4) is 0 Å². The van der Waals surface area contributed by atoms with Gasteiger partial charge in [-0.3, -0.25) is 14.2 Å². The molecule has 2 aromatic rings. The zero-order chi connectivity index (χ0) is 22.8. The Kier molecular flexibility index (Phi) is 7.30. The van der Waals surface area contributed by atoms with Crippen molar-refractivity contribution in [2.75, 3.05) is 18.8 Å². The predicted molar refractivity (Wildman–Crippen MR) is 128 cm³/mol. The molecule has 31 heavy (non-hydrogen) atoms. The summed E-state index contributed by atoms with van der Waals surface area (Å²) in [5, 5.41) is 0.605. The molecule has 6 heteroatoms. The quantitative estimate of drug-likeness (QED) is 0.512. The normalized spacial score (nSPS) is 15.4. The molecule has 0 saturated carbocycles. The summed E-state index contributed by atoms with van der Waals surface area (Å²) in [5.41, 5.74) is 3.91. The van der Waals surface area contributed by atoms with E-state index >= 15 is 0 Å². The second-order valence-corrected chi connectivity index (χ2v) is 10.7. The number of likely N-dealkylation sites (tertiary alicyclic amines) is 1. The van der Waals surface area contributed by atoms with Crippen LogP contribution in [0.3, 0.4) is 0 Å². The lowest BCUT2D eigenvalue weighted by molar-refractivity contribution is -0.129. The molecular weight excluding hydrogens is 406 g/mol. The summed E-state index contributed by atoms with van der Waals surface area (Å²) in [5.74, 6) is 1.15. The van der Waals surface area contributed by atoms with Gasteiger partial charge in [-0.2, -0.15) is 0 Å². The summed E-state index contributed by atoms with van der Waals surface area (Å²) in [4.78, 5) is 32.2. The minimum absolute atomic E-state index is 0.0332. The third-order valence-corrected chi connectivity index (χ3v) is 7.23. The molecule has 0 unspecified atom stereocenters. The van der Waals surface area contributed by atoms with Crippen molar-refractivity contribution < 1.29 is 4.79 Å². The van der Waals surface area contributed by atoms with Crippen LogP contribution in [-0.2, 0) is 23.7 Å². The fourth-order valence-corrected chi connectivity index (χ4v) is 4.78. The van der Waals surface area contributed by atoms with Crippen LogP contribution in [0, 0.1) is 12.8 Å². The van der Waals surface area contributed by atoms with Gasteiger partial charge in [0.25, 0.3) is 5.56 Å². The Morgan fingerprint density at radius 1 is 1.16 bits per heavy atom. The molecule has 1 aromatic heterocycles. The fraction of sp³-hybridized carbons (Fsp3) is 0.560. The van der Waals surface area contributed by atoms with Crippen molar-refractivity contribution in [1.82, 2.24) is 14.5 Å². The van der Waals surface area contributed by atoms with E-state index in [0.29, 0.717) is 28.8 Å². The van der Waals surface area contributed by atoms with Crippen LogP contribution in [0.2, 0.25) is 0 Å². The molecule has 3 rings (SSSR count). The number of aryl methyl sites for hydroxylation is 1. The van der Waals surface area contributed by atoms with Crippen molar-refractivity contribution >= 4 is 17.7 Å². The van der Waals surface area contributed by atoms with E-state index < -0.39 is 0 Å². The molecule has 0 aliphatic carbocycles. The van der Waals surface area contributed by atoms with E-state index in [4.69, 9.17) is 0 Å². The van der Waals surface area contributed by atoms with Gasteiger partial charge in [0.15, 0.2) is 5.16 Å². The number of thioether (sulfide) groups is 1. The molecule has 1 aliphatic rings. The highest BCUT2D eigenvalue weighted by molar-refractivity contribution is 7.99. The Hall–Kier alpha value is -2.08. The van der Waals surface area contributed by atoms with E-state index in [1.807, 2.05) is 11.8 Å². The molecule has 2 heterocycles. The van der Waals surface area contributed by atoms with Crippen LogP contribution in [0.4, 0.5) is 0 Å². The number of hydrogen-bond donors (Lipinski definition) is 0. The zero-order valence-electron chi connectivity index (χ0n) is 19.7. The monoisotopic (exact) mass is 441 g/mol. The SMILES string of the molecule is Cc1nc(SCC(=O)N2CCC(C)CC2)n(C)c(=O)c1Cc1ccc(C(C)(C)C)cc1. The van der Waals surface area contributed by atoms with E-state index in [-0.39, 0.29) is 16.9 Å². The molecule has 0 bridgehead atoms. The first kappa shape index (κ1) is 23.6. The zero-order valence-corrected chi connectivity index (χ0v) is 20.5. The highest BCUT2D eigenvalue weighted by Gasteiger charge is 2.21. The van der Waals surface area contributed by atoms with Gasteiger partial charge in [-0.05, 0) is 42.2 Å². The third-order valence-electron chi connectivity index (χ3n) is 6.21. The molecule has 5 nitrogen and oxygen atoms in total. The molecule has 1 fully saturated rings. The number of nitrogens with zero attached hydrogens (tertiary/aromatic N) is 3. The maximum atomic E-state index is 13.0. The molecule has 0 radical (unpaired) electrons. The van der Waals surface area contributed by atoms with Crippen molar-refractivity contribution in [1.29, 1.82) is 0 Å². The van der Waals surface area contributed by atoms with Crippen molar-refractivity contribution in [3.05, 3.63) is 57.0 Å². The molecule has 1 aliphatic heterocycles. The number of benzene rings is 1. The molecule has 1 amide bonds. The number of aromatic nitrogens is 2. The largest absolute Gasteiger partial charge is 0.342 e. The second-order valence-electron chi connectivity index (χ2n) is 9.80. The molecule has 0 spiro atoms. The van der Waals surface area contributed by atoms with Gasteiger partial charge in [-0.1, -0.05) is 63.7 Å². The van der Waals surface area contributed by atoms with Gasteiger partial charge < -0.3 is 4.90 Å². The van der Waals surface area contributed by atoms with Gasteiger partial charge in [0, 0.05) is 37.8 Å². The second kappa shape index (κ2) is 9.60. The maximum absolute atomic E-state index is 13.0. The number of carbonyl (C=O) groups excluding carboxylic acids is 1. The summed E-state index contributed by atoms with van der Waals surface area (Å²) in [6.07, 6.45) is 2.70. The summed E-state index contributed by atoms with van der Waals surface area (Å²) in [6.45, 7) is 12.4. The van der Waals surface area contributed by atoms with Crippen LogP contribution in [0.5, 0.6) is 0 Å². The lowest BCUT2D eigenvalue weighted by atomic mass is 9.86. The van der Waals surface area contributed by atoms with Gasteiger partial charge in [0.2, 0.25) is 5.91 Å². The van der Waals surface area contributed by atoms with Crippen molar-refractivity contribution in [2.24, 2.45) is 13.0 Å². The smallest absolute Gasteiger partial charge is 0.257 e. The molecule has 168 valence electrons. The van der Waals surface area contributed by atoms with E-state index in [0.717, 1.165) is 37.2 Å². The standard InChI is InChI=1S/C25H35N3O2S/c1-17-11-13-28(14-12-17)22(29)16-31-24-26-18(2)21(23(30)27(24)6)15-19-7-9-20(10-8-19)25(3,4)5/h7-10,17H,11-16H2,1-6H3. The minimum Gasteiger partial charge on any atom is -0.342 e. The number of rotatable bonds is 5. The topological polar surface area (TPSA) is 55.2 Å². The third kappa shape index (κ3) is 5.79. The number of carbonyl (C=O) groups is 1. The Morgan fingerprint density at radius 2 is 1.77 bits per heavy atom. The van der Waals surface area contributed by atoms with Crippen LogP contribution < -0.4 is 5.56 Å². The summed E-state index contributed by atoms with van der Waals surface area (Å²) < 4.78 is 1.59. The molecule has 0 N–H and O–H groups in total. The Balaban J connectivity index is 1.70. The molecule has 0 atom stereocenters. The van der Waals surface area contributed by atoms with E-state index in [2.05, 4.69) is 56.9 Å². The Labute approximate surface area is 190 Å². The Bertz CT molecular complexity index is 982. The van der Waals surface area contributed by atoms with E-state index in [1.54, 1.807) is 11.6 Å². The van der Waals surface area contributed by atoms with Crippen LogP contribution in [0.1, 0.15) is 62.9 Å². The van der Waals surface area contributed by atoms with Crippen LogP contribution in [-0.4, -0.2) is 39.2 Å². The van der Waals surface area contributed by atoms with Gasteiger partial charge in [-0.15, -0.1) is 0 Å².